The molecule has 0 saturated heterocycles. The predicted molar refractivity (Wildman–Crippen MR) is 109 cm³/mol. The third-order valence-corrected chi connectivity index (χ3v) is 5.91. The van der Waals surface area contributed by atoms with Crippen LogP contribution in [0.1, 0.15) is 27.0 Å². The minimum atomic E-state index is -0.179. The summed E-state index contributed by atoms with van der Waals surface area (Å²) in [5.74, 6) is 0.812. The van der Waals surface area contributed by atoms with E-state index in [0.717, 1.165) is 28.2 Å². The largest absolute Gasteiger partial charge is 0.315 e. The molecule has 0 saturated carbocycles. The van der Waals surface area contributed by atoms with Gasteiger partial charge in [0.15, 0.2) is 4.80 Å². The molecule has 0 aliphatic rings. The molecule has 2 aromatic carbocycles. The first-order valence-corrected chi connectivity index (χ1v) is 10.5. The van der Waals surface area contributed by atoms with Gasteiger partial charge in [-0.25, -0.2) is 0 Å². The smallest absolute Gasteiger partial charge is 0.279 e. The Morgan fingerprint density at radius 1 is 1.16 bits per heavy atom. The van der Waals surface area contributed by atoms with Gasteiger partial charge < -0.3 is 4.57 Å². The number of hydrogen-bond acceptors (Lipinski definition) is 3. The second-order valence-corrected chi connectivity index (χ2v) is 8.21. The first-order valence-electron chi connectivity index (χ1n) is 8.25. The zero-order chi connectivity index (χ0) is 18.0. The summed E-state index contributed by atoms with van der Waals surface area (Å²) in [4.78, 5) is 17.9. The molecule has 3 nitrogen and oxygen atoms in total. The quantitative estimate of drug-likeness (QED) is 0.665. The van der Waals surface area contributed by atoms with Crippen molar-refractivity contribution >= 4 is 39.2 Å². The van der Waals surface area contributed by atoms with Crippen molar-refractivity contribution in [1.82, 2.24) is 4.57 Å². The van der Waals surface area contributed by atoms with Gasteiger partial charge in [-0.3, -0.25) is 4.79 Å². The zero-order valence-electron chi connectivity index (χ0n) is 15.0. The third kappa shape index (κ3) is 3.88. The Bertz CT molecular complexity index is 999. The number of carbonyl (C=O) groups excluding carboxylic acids is 1. The van der Waals surface area contributed by atoms with Crippen molar-refractivity contribution in [3.8, 4) is 0 Å². The van der Waals surface area contributed by atoms with E-state index in [0.29, 0.717) is 5.56 Å². The molecule has 0 aliphatic carbocycles. The number of aryl methyl sites for hydroxylation is 4. The summed E-state index contributed by atoms with van der Waals surface area (Å²) in [6.07, 6.45) is 2.10. The van der Waals surface area contributed by atoms with E-state index in [1.165, 1.54) is 15.8 Å². The van der Waals surface area contributed by atoms with Crippen LogP contribution in [0.15, 0.2) is 41.4 Å². The van der Waals surface area contributed by atoms with Gasteiger partial charge in [0.1, 0.15) is 0 Å². The highest BCUT2D eigenvalue weighted by Crippen LogP contribution is 2.22. The molecule has 25 heavy (non-hydrogen) atoms. The van der Waals surface area contributed by atoms with Gasteiger partial charge in [0.25, 0.3) is 5.91 Å². The summed E-state index contributed by atoms with van der Waals surface area (Å²) in [6, 6.07) is 12.0. The topological polar surface area (TPSA) is 34.4 Å². The molecule has 0 radical (unpaired) electrons. The van der Waals surface area contributed by atoms with E-state index in [-0.39, 0.29) is 5.91 Å². The Labute approximate surface area is 156 Å². The van der Waals surface area contributed by atoms with E-state index in [4.69, 9.17) is 0 Å². The average molecular weight is 371 g/mol. The molecule has 5 heteroatoms. The first kappa shape index (κ1) is 18.0. The van der Waals surface area contributed by atoms with Crippen LogP contribution in [0.2, 0.25) is 0 Å². The maximum atomic E-state index is 12.6. The van der Waals surface area contributed by atoms with Crippen molar-refractivity contribution in [3.05, 3.63) is 63.5 Å². The highest BCUT2D eigenvalue weighted by Gasteiger charge is 2.10. The predicted octanol–water partition coefficient (Wildman–Crippen LogP) is 4.73. The van der Waals surface area contributed by atoms with Crippen LogP contribution in [0.5, 0.6) is 0 Å². The summed E-state index contributed by atoms with van der Waals surface area (Å²) in [5.41, 5.74) is 5.40. The van der Waals surface area contributed by atoms with Crippen molar-refractivity contribution in [2.45, 2.75) is 27.3 Å². The van der Waals surface area contributed by atoms with Crippen LogP contribution in [-0.2, 0) is 6.54 Å². The standard InChI is InChI=1S/C20H22N2OS2/c1-13-6-5-7-16(10-13)19(23)21-20-22(8-9-24-4)17-11-14(2)15(3)12-18(17)25-20/h5-7,10-12H,8-9H2,1-4H3. The number of aromatic nitrogens is 1. The van der Waals surface area contributed by atoms with E-state index in [2.05, 4.69) is 41.8 Å². The van der Waals surface area contributed by atoms with E-state index in [1.54, 1.807) is 23.1 Å². The highest BCUT2D eigenvalue weighted by atomic mass is 32.2. The maximum Gasteiger partial charge on any atom is 0.279 e. The number of rotatable bonds is 4. The van der Waals surface area contributed by atoms with Gasteiger partial charge in [0.2, 0.25) is 0 Å². The molecule has 0 bridgehead atoms. The summed E-state index contributed by atoms with van der Waals surface area (Å²) in [7, 11) is 0. The molecule has 1 amide bonds. The Kier molecular flexibility index (Phi) is 5.45. The molecule has 1 aromatic heterocycles. The number of thiazole rings is 1. The van der Waals surface area contributed by atoms with Crippen molar-refractivity contribution in [2.75, 3.05) is 12.0 Å². The molecule has 0 unspecified atom stereocenters. The Morgan fingerprint density at radius 3 is 2.64 bits per heavy atom. The lowest BCUT2D eigenvalue weighted by Crippen LogP contribution is -2.18. The van der Waals surface area contributed by atoms with Crippen LogP contribution in [0, 0.1) is 20.8 Å². The van der Waals surface area contributed by atoms with Crippen LogP contribution < -0.4 is 4.80 Å². The monoisotopic (exact) mass is 370 g/mol. The van der Waals surface area contributed by atoms with Crippen molar-refractivity contribution in [3.63, 3.8) is 0 Å². The van der Waals surface area contributed by atoms with Crippen molar-refractivity contribution < 1.29 is 4.79 Å². The molecular weight excluding hydrogens is 348 g/mol. The van der Waals surface area contributed by atoms with E-state index >= 15 is 0 Å². The number of amides is 1. The van der Waals surface area contributed by atoms with Crippen molar-refractivity contribution in [1.29, 1.82) is 0 Å². The number of thioether (sulfide) groups is 1. The fourth-order valence-corrected chi connectivity index (χ4v) is 4.23. The third-order valence-electron chi connectivity index (χ3n) is 4.28. The summed E-state index contributed by atoms with van der Waals surface area (Å²) < 4.78 is 3.36. The van der Waals surface area contributed by atoms with Gasteiger partial charge in [-0.15, -0.1) is 0 Å². The van der Waals surface area contributed by atoms with Gasteiger partial charge >= 0.3 is 0 Å². The van der Waals surface area contributed by atoms with Crippen LogP contribution in [0.25, 0.3) is 10.2 Å². The van der Waals surface area contributed by atoms with Gasteiger partial charge in [-0.05, 0) is 62.4 Å². The fraction of sp³-hybridized carbons (Fsp3) is 0.300. The number of benzene rings is 2. The molecular formula is C20H22N2OS2. The SMILES string of the molecule is CSCCn1c(=NC(=O)c2cccc(C)c2)sc2cc(C)c(C)cc21. The fourth-order valence-electron chi connectivity index (χ4n) is 2.73. The van der Waals surface area contributed by atoms with E-state index in [9.17, 15) is 4.79 Å². The van der Waals surface area contributed by atoms with Crippen molar-refractivity contribution in [2.24, 2.45) is 4.99 Å². The van der Waals surface area contributed by atoms with E-state index < -0.39 is 0 Å². The lowest BCUT2D eigenvalue weighted by molar-refractivity contribution is 0.0998. The number of carbonyl (C=O) groups is 1. The van der Waals surface area contributed by atoms with Crippen LogP contribution >= 0.6 is 23.1 Å². The van der Waals surface area contributed by atoms with Gasteiger partial charge in [-0.2, -0.15) is 16.8 Å². The average Bonchev–Trinajstić information content (AvgIpc) is 2.89. The summed E-state index contributed by atoms with van der Waals surface area (Å²) >= 11 is 3.39. The molecule has 0 atom stereocenters. The molecule has 0 fully saturated rings. The van der Waals surface area contributed by atoms with E-state index in [1.807, 2.05) is 31.2 Å². The molecule has 1 heterocycles. The minimum absolute atomic E-state index is 0.179. The lowest BCUT2D eigenvalue weighted by Gasteiger charge is -2.06. The Hall–Kier alpha value is -1.85. The molecule has 0 N–H and O–H groups in total. The number of nitrogens with zero attached hydrogens (tertiary/aromatic N) is 2. The second kappa shape index (κ2) is 7.58. The van der Waals surface area contributed by atoms with Gasteiger partial charge in [0.05, 0.1) is 10.2 Å². The maximum absolute atomic E-state index is 12.6. The molecule has 3 aromatic rings. The second-order valence-electron chi connectivity index (χ2n) is 6.22. The number of hydrogen-bond donors (Lipinski definition) is 0. The normalized spacial score (nSPS) is 12.1. The Balaban J connectivity index is 2.15. The summed E-state index contributed by atoms with van der Waals surface area (Å²) in [5, 5.41) is 0. The molecule has 0 spiro atoms. The van der Waals surface area contributed by atoms with Crippen LogP contribution in [0.3, 0.4) is 0 Å². The molecule has 3 rings (SSSR count). The molecule has 0 aliphatic heterocycles. The van der Waals surface area contributed by atoms with Crippen LogP contribution in [0.4, 0.5) is 0 Å². The first-order chi connectivity index (χ1) is 12.0. The van der Waals surface area contributed by atoms with Gasteiger partial charge in [-0.1, -0.05) is 29.0 Å². The van der Waals surface area contributed by atoms with Gasteiger partial charge in [0, 0.05) is 17.9 Å². The zero-order valence-corrected chi connectivity index (χ0v) is 16.6. The Morgan fingerprint density at radius 2 is 1.92 bits per heavy atom. The lowest BCUT2D eigenvalue weighted by atomic mass is 10.1. The number of fused-ring (bicyclic) bond motifs is 1. The minimum Gasteiger partial charge on any atom is -0.315 e. The highest BCUT2D eigenvalue weighted by molar-refractivity contribution is 7.98. The van der Waals surface area contributed by atoms with Crippen LogP contribution in [-0.4, -0.2) is 22.5 Å². The summed E-state index contributed by atoms with van der Waals surface area (Å²) in [6.45, 7) is 7.08. The molecule has 130 valence electrons.